The first-order valence-corrected chi connectivity index (χ1v) is 12.8. The van der Waals surface area contributed by atoms with Gasteiger partial charge in [0.05, 0.1) is 25.2 Å². The van der Waals surface area contributed by atoms with Crippen molar-refractivity contribution in [3.05, 3.63) is 43.3 Å². The molecule has 1 aliphatic heterocycles. The molecule has 0 aromatic carbocycles. The van der Waals surface area contributed by atoms with Crippen molar-refractivity contribution >= 4 is 17.7 Å². The number of amides is 1. The summed E-state index contributed by atoms with van der Waals surface area (Å²) in [5.41, 5.74) is 7.72. The minimum atomic E-state index is -0.465. The fraction of sp³-hybridized carbons (Fsp3) is 0.462. The zero-order valence-electron chi connectivity index (χ0n) is 22.5. The molecular formula is C26H35N9O4. The van der Waals surface area contributed by atoms with Gasteiger partial charge < -0.3 is 34.7 Å². The molecule has 0 saturated carbocycles. The lowest BCUT2D eigenvalue weighted by molar-refractivity contribution is 0.0927. The van der Waals surface area contributed by atoms with Gasteiger partial charge in [0.2, 0.25) is 11.8 Å². The Balaban J connectivity index is 1.40. The van der Waals surface area contributed by atoms with Gasteiger partial charge >= 0.3 is 6.01 Å². The molecule has 0 bridgehead atoms. The molecule has 4 rings (SSSR count). The molecule has 0 aliphatic carbocycles. The van der Waals surface area contributed by atoms with Crippen LogP contribution in [0.3, 0.4) is 0 Å². The van der Waals surface area contributed by atoms with Crippen LogP contribution in [0.15, 0.2) is 37.4 Å². The summed E-state index contributed by atoms with van der Waals surface area (Å²) < 4.78 is 18.9. The molecule has 0 spiro atoms. The number of piperidine rings is 1. The van der Waals surface area contributed by atoms with Crippen LogP contribution in [0.5, 0.6) is 11.8 Å². The summed E-state index contributed by atoms with van der Waals surface area (Å²) in [6.45, 7) is 8.16. The van der Waals surface area contributed by atoms with Crippen molar-refractivity contribution in [1.82, 2.24) is 34.8 Å². The van der Waals surface area contributed by atoms with Crippen LogP contribution in [-0.2, 0) is 11.8 Å². The van der Waals surface area contributed by atoms with Crippen LogP contribution in [-0.4, -0.2) is 81.5 Å². The van der Waals surface area contributed by atoms with Gasteiger partial charge in [0.25, 0.3) is 5.91 Å². The monoisotopic (exact) mass is 537 g/mol. The van der Waals surface area contributed by atoms with Crippen LogP contribution < -0.4 is 25.4 Å². The van der Waals surface area contributed by atoms with Crippen LogP contribution >= 0.6 is 0 Å². The van der Waals surface area contributed by atoms with Gasteiger partial charge in [0.15, 0.2) is 11.6 Å². The SMILES string of the molecule is C=C[C@H](COC)Oc1nc(C(=O)NCC)nc(N2CCC(COc3cc(-c4cn(C)cn4)cnc3N)CC2)n1. The molecule has 3 aromatic rings. The van der Waals surface area contributed by atoms with E-state index in [1.54, 1.807) is 25.7 Å². The van der Waals surface area contributed by atoms with E-state index in [0.717, 1.165) is 24.1 Å². The molecule has 1 aliphatic rings. The van der Waals surface area contributed by atoms with Gasteiger partial charge in [-0.25, -0.2) is 9.97 Å². The summed E-state index contributed by atoms with van der Waals surface area (Å²) in [6, 6.07) is 1.92. The summed E-state index contributed by atoms with van der Waals surface area (Å²) >= 11 is 0. The number of aromatic nitrogens is 6. The average molecular weight is 538 g/mol. The molecule has 208 valence electrons. The summed E-state index contributed by atoms with van der Waals surface area (Å²) in [4.78, 5) is 36.3. The normalized spacial score (nSPS) is 14.6. The van der Waals surface area contributed by atoms with Crippen molar-refractivity contribution in [2.75, 3.05) is 50.6 Å². The summed E-state index contributed by atoms with van der Waals surface area (Å²) in [7, 11) is 3.48. The Hall–Kier alpha value is -4.26. The number of ether oxygens (including phenoxy) is 3. The van der Waals surface area contributed by atoms with E-state index in [4.69, 9.17) is 19.9 Å². The molecular weight excluding hydrogens is 502 g/mol. The Bertz CT molecular complexity index is 1270. The number of hydrogen-bond donors (Lipinski definition) is 2. The number of hydrogen-bond acceptors (Lipinski definition) is 11. The number of nitrogens with two attached hydrogens (primary N) is 1. The van der Waals surface area contributed by atoms with Crippen molar-refractivity contribution in [1.29, 1.82) is 0 Å². The zero-order valence-corrected chi connectivity index (χ0v) is 22.5. The summed E-state index contributed by atoms with van der Waals surface area (Å²) in [5, 5.41) is 2.72. The highest BCUT2D eigenvalue weighted by Gasteiger charge is 2.25. The van der Waals surface area contributed by atoms with E-state index in [1.807, 2.05) is 35.7 Å². The first-order chi connectivity index (χ1) is 18.9. The summed E-state index contributed by atoms with van der Waals surface area (Å²) in [6.07, 6.45) is 8.15. The molecule has 0 radical (unpaired) electrons. The van der Waals surface area contributed by atoms with Crippen LogP contribution in [0.1, 0.15) is 30.4 Å². The number of imidazole rings is 1. The van der Waals surface area contributed by atoms with E-state index >= 15 is 0 Å². The van der Waals surface area contributed by atoms with Gasteiger partial charge in [-0.3, -0.25) is 4.79 Å². The molecule has 4 heterocycles. The van der Waals surface area contributed by atoms with Gasteiger partial charge in [0, 0.05) is 51.7 Å². The number of rotatable bonds is 12. The Morgan fingerprint density at radius 3 is 2.74 bits per heavy atom. The molecule has 1 fully saturated rings. The first-order valence-electron chi connectivity index (χ1n) is 12.8. The number of carbonyl (C=O) groups is 1. The molecule has 1 saturated heterocycles. The number of nitrogens with one attached hydrogen (secondary N) is 1. The lowest BCUT2D eigenvalue weighted by atomic mass is 9.98. The van der Waals surface area contributed by atoms with Crippen molar-refractivity contribution in [3.8, 4) is 23.0 Å². The van der Waals surface area contributed by atoms with Crippen LogP contribution in [0, 0.1) is 5.92 Å². The maximum atomic E-state index is 12.5. The molecule has 0 unspecified atom stereocenters. The van der Waals surface area contributed by atoms with Gasteiger partial charge in [-0.05, 0) is 37.8 Å². The van der Waals surface area contributed by atoms with E-state index in [9.17, 15) is 4.79 Å². The smallest absolute Gasteiger partial charge is 0.322 e. The van der Waals surface area contributed by atoms with Crippen molar-refractivity contribution in [2.45, 2.75) is 25.9 Å². The Morgan fingerprint density at radius 1 is 1.28 bits per heavy atom. The molecule has 13 heteroatoms. The fourth-order valence-corrected chi connectivity index (χ4v) is 4.11. The minimum Gasteiger partial charge on any atom is -0.489 e. The molecule has 13 nitrogen and oxygen atoms in total. The zero-order chi connectivity index (χ0) is 27.8. The fourth-order valence-electron chi connectivity index (χ4n) is 4.11. The van der Waals surface area contributed by atoms with E-state index < -0.39 is 12.0 Å². The second-order valence-electron chi connectivity index (χ2n) is 9.22. The number of methoxy groups -OCH3 is 1. The second kappa shape index (κ2) is 13.0. The van der Waals surface area contributed by atoms with Crippen LogP contribution in [0.25, 0.3) is 11.3 Å². The highest BCUT2D eigenvalue weighted by Crippen LogP contribution is 2.28. The quantitative estimate of drug-likeness (QED) is 0.325. The van der Waals surface area contributed by atoms with Gasteiger partial charge in [-0.15, -0.1) is 0 Å². The highest BCUT2D eigenvalue weighted by molar-refractivity contribution is 5.90. The minimum absolute atomic E-state index is 0.00158. The predicted octanol–water partition coefficient (Wildman–Crippen LogP) is 1.87. The maximum absolute atomic E-state index is 12.5. The average Bonchev–Trinajstić information content (AvgIpc) is 3.38. The molecule has 1 amide bonds. The van der Waals surface area contributed by atoms with E-state index in [2.05, 4.69) is 36.8 Å². The van der Waals surface area contributed by atoms with Gasteiger partial charge in [-0.2, -0.15) is 15.0 Å². The lowest BCUT2D eigenvalue weighted by Gasteiger charge is -2.32. The van der Waals surface area contributed by atoms with E-state index in [1.165, 1.54) is 0 Å². The van der Waals surface area contributed by atoms with E-state index in [0.29, 0.717) is 49.7 Å². The van der Waals surface area contributed by atoms with Crippen LogP contribution in [0.2, 0.25) is 0 Å². The Labute approximate surface area is 227 Å². The highest BCUT2D eigenvalue weighted by atomic mass is 16.5. The largest absolute Gasteiger partial charge is 0.489 e. The Morgan fingerprint density at radius 2 is 2.08 bits per heavy atom. The number of anilines is 2. The maximum Gasteiger partial charge on any atom is 0.322 e. The first kappa shape index (κ1) is 27.8. The molecule has 39 heavy (non-hydrogen) atoms. The predicted molar refractivity (Wildman–Crippen MR) is 146 cm³/mol. The summed E-state index contributed by atoms with van der Waals surface area (Å²) in [5.74, 6) is 1.17. The Kier molecular flexibility index (Phi) is 9.26. The molecule has 1 atom stereocenters. The number of aryl methyl sites for hydroxylation is 1. The molecule has 3 N–H and O–H groups in total. The number of carbonyl (C=O) groups excluding carboxylic acids is 1. The number of nitrogen functional groups attached to an aromatic ring is 1. The standard InChI is InChI=1S/C26H35N9O4/c1-5-19(15-37-4)39-26-32-23(24(36)28-6-2)31-25(33-26)35-9-7-17(8-10-35)14-38-21-11-18(12-29-22(21)27)20-13-34(3)16-30-20/h5,11-13,16-17,19H,1,6-10,14-15H2,2-4H3,(H2,27,29)(H,28,36)/t19-/m1/s1. The van der Waals surface area contributed by atoms with Crippen molar-refractivity contribution in [3.63, 3.8) is 0 Å². The number of pyridine rings is 1. The second-order valence-corrected chi connectivity index (χ2v) is 9.22. The van der Waals surface area contributed by atoms with Crippen molar-refractivity contribution < 1.29 is 19.0 Å². The van der Waals surface area contributed by atoms with Gasteiger partial charge in [-0.1, -0.05) is 6.58 Å². The topological polar surface area (TPSA) is 155 Å². The van der Waals surface area contributed by atoms with Gasteiger partial charge in [0.1, 0.15) is 6.10 Å². The number of nitrogens with zero attached hydrogens (tertiary/aromatic N) is 7. The third kappa shape index (κ3) is 7.19. The molecule has 3 aromatic heterocycles. The van der Waals surface area contributed by atoms with E-state index in [-0.39, 0.29) is 18.4 Å². The van der Waals surface area contributed by atoms with Crippen LogP contribution in [0.4, 0.5) is 11.8 Å². The third-order valence-corrected chi connectivity index (χ3v) is 6.25. The van der Waals surface area contributed by atoms with Crippen molar-refractivity contribution in [2.24, 2.45) is 13.0 Å². The lowest BCUT2D eigenvalue weighted by Crippen LogP contribution is -2.37. The third-order valence-electron chi connectivity index (χ3n) is 6.25.